The zero-order chi connectivity index (χ0) is 13.7. The highest BCUT2D eigenvalue weighted by Crippen LogP contribution is 2.13. The molecule has 102 valence electrons. The van der Waals surface area contributed by atoms with E-state index in [9.17, 15) is 14.4 Å². The fraction of sp³-hybridized carbons (Fsp3) is 0.700. The average molecular weight is 259 g/mol. The molecule has 0 aromatic carbocycles. The molecule has 1 aliphatic heterocycles. The number of nitrogens with two attached hydrogens (primary N) is 1. The SMILES string of the molecule is CNC1COCC1C(=O)NC(CC(N)=O)C(=O)O. The van der Waals surface area contributed by atoms with Crippen LogP contribution < -0.4 is 16.4 Å². The van der Waals surface area contributed by atoms with Crippen LogP contribution in [0.4, 0.5) is 0 Å². The maximum atomic E-state index is 11.9. The van der Waals surface area contributed by atoms with Crippen LogP contribution in [0.25, 0.3) is 0 Å². The lowest BCUT2D eigenvalue weighted by atomic mass is 10.0. The first kappa shape index (κ1) is 14.4. The molecule has 2 amide bonds. The molecule has 3 unspecified atom stereocenters. The van der Waals surface area contributed by atoms with E-state index in [1.807, 2.05) is 0 Å². The van der Waals surface area contributed by atoms with Gasteiger partial charge in [-0.05, 0) is 7.05 Å². The number of carbonyl (C=O) groups excluding carboxylic acids is 2. The van der Waals surface area contributed by atoms with Crippen molar-refractivity contribution < 1.29 is 24.2 Å². The van der Waals surface area contributed by atoms with Gasteiger partial charge in [-0.15, -0.1) is 0 Å². The smallest absolute Gasteiger partial charge is 0.326 e. The van der Waals surface area contributed by atoms with Gasteiger partial charge in [-0.2, -0.15) is 0 Å². The molecule has 0 spiro atoms. The van der Waals surface area contributed by atoms with Gasteiger partial charge in [0.1, 0.15) is 6.04 Å². The molecule has 1 heterocycles. The number of carbonyl (C=O) groups is 3. The highest BCUT2D eigenvalue weighted by atomic mass is 16.5. The number of amides is 2. The Labute approximate surface area is 104 Å². The van der Waals surface area contributed by atoms with Gasteiger partial charge in [-0.3, -0.25) is 9.59 Å². The minimum Gasteiger partial charge on any atom is -0.480 e. The molecular weight excluding hydrogens is 242 g/mol. The summed E-state index contributed by atoms with van der Waals surface area (Å²) in [6.45, 7) is 0.613. The lowest BCUT2D eigenvalue weighted by Gasteiger charge is -2.19. The molecule has 3 atom stereocenters. The summed E-state index contributed by atoms with van der Waals surface area (Å²) in [4.78, 5) is 33.4. The zero-order valence-corrected chi connectivity index (χ0v) is 10.0. The maximum Gasteiger partial charge on any atom is 0.326 e. The molecule has 1 rings (SSSR count). The van der Waals surface area contributed by atoms with Crippen LogP contribution in [0.5, 0.6) is 0 Å². The summed E-state index contributed by atoms with van der Waals surface area (Å²) < 4.78 is 5.14. The van der Waals surface area contributed by atoms with E-state index in [2.05, 4.69) is 10.6 Å². The summed E-state index contributed by atoms with van der Waals surface area (Å²) in [6.07, 6.45) is -0.432. The molecule has 0 aliphatic carbocycles. The van der Waals surface area contributed by atoms with Crippen molar-refractivity contribution in [2.75, 3.05) is 20.3 Å². The summed E-state index contributed by atoms with van der Waals surface area (Å²) in [5.41, 5.74) is 4.92. The number of ether oxygens (including phenoxy) is 1. The Morgan fingerprint density at radius 2 is 2.11 bits per heavy atom. The quantitative estimate of drug-likeness (QED) is 0.423. The minimum atomic E-state index is -1.30. The molecule has 8 heteroatoms. The van der Waals surface area contributed by atoms with Crippen molar-refractivity contribution in [1.82, 2.24) is 10.6 Å². The van der Waals surface area contributed by atoms with Crippen molar-refractivity contribution in [1.29, 1.82) is 0 Å². The number of aliphatic carboxylic acids is 1. The van der Waals surface area contributed by atoms with Crippen molar-refractivity contribution in [2.24, 2.45) is 11.7 Å². The number of hydrogen-bond donors (Lipinski definition) is 4. The van der Waals surface area contributed by atoms with Gasteiger partial charge in [0.05, 0.1) is 25.6 Å². The second-order valence-electron chi connectivity index (χ2n) is 4.11. The van der Waals surface area contributed by atoms with Crippen LogP contribution in [-0.2, 0) is 19.1 Å². The van der Waals surface area contributed by atoms with Crippen LogP contribution in [-0.4, -0.2) is 55.2 Å². The van der Waals surface area contributed by atoms with Crippen LogP contribution in [0, 0.1) is 5.92 Å². The number of carboxylic acid groups (broad SMARTS) is 1. The summed E-state index contributed by atoms with van der Waals surface area (Å²) in [7, 11) is 1.69. The average Bonchev–Trinajstić information content (AvgIpc) is 2.75. The number of hydrogen-bond acceptors (Lipinski definition) is 5. The number of primary amides is 1. The molecule has 0 aromatic rings. The fourth-order valence-electron chi connectivity index (χ4n) is 1.78. The van der Waals surface area contributed by atoms with Crippen molar-refractivity contribution in [2.45, 2.75) is 18.5 Å². The molecule has 1 fully saturated rings. The summed E-state index contributed by atoms with van der Waals surface area (Å²) in [6, 6.07) is -1.46. The predicted octanol–water partition coefficient (Wildman–Crippen LogP) is -2.33. The molecular formula is C10H17N3O5. The lowest BCUT2D eigenvalue weighted by Crippen LogP contribution is -2.49. The van der Waals surface area contributed by atoms with Crippen molar-refractivity contribution in [3.63, 3.8) is 0 Å². The topological polar surface area (TPSA) is 131 Å². The molecule has 0 aromatic heterocycles. The van der Waals surface area contributed by atoms with Gasteiger partial charge in [-0.25, -0.2) is 4.79 Å². The number of rotatable bonds is 6. The third-order valence-electron chi connectivity index (χ3n) is 2.81. The second kappa shape index (κ2) is 6.31. The summed E-state index contributed by atoms with van der Waals surface area (Å²) >= 11 is 0. The lowest BCUT2D eigenvalue weighted by molar-refractivity contribution is -0.144. The van der Waals surface area contributed by atoms with Crippen molar-refractivity contribution >= 4 is 17.8 Å². The van der Waals surface area contributed by atoms with Gasteiger partial charge in [0.25, 0.3) is 0 Å². The molecule has 1 aliphatic rings. The normalized spacial score (nSPS) is 24.5. The van der Waals surface area contributed by atoms with Gasteiger partial charge in [0, 0.05) is 6.04 Å². The van der Waals surface area contributed by atoms with Crippen LogP contribution in [0.15, 0.2) is 0 Å². The van der Waals surface area contributed by atoms with E-state index in [4.69, 9.17) is 15.6 Å². The van der Waals surface area contributed by atoms with Gasteiger partial charge < -0.3 is 26.2 Å². The van der Waals surface area contributed by atoms with Crippen molar-refractivity contribution in [3.8, 4) is 0 Å². The molecule has 1 saturated heterocycles. The predicted molar refractivity (Wildman–Crippen MR) is 60.5 cm³/mol. The van der Waals surface area contributed by atoms with Crippen LogP contribution in [0.3, 0.4) is 0 Å². The van der Waals surface area contributed by atoms with Gasteiger partial charge in [0.15, 0.2) is 0 Å². The Morgan fingerprint density at radius 1 is 1.44 bits per heavy atom. The fourth-order valence-corrected chi connectivity index (χ4v) is 1.78. The summed E-state index contributed by atoms with van der Waals surface area (Å²) in [5, 5.41) is 14.1. The molecule has 18 heavy (non-hydrogen) atoms. The maximum absolute atomic E-state index is 11.9. The second-order valence-corrected chi connectivity index (χ2v) is 4.11. The van der Waals surface area contributed by atoms with Crippen LogP contribution in [0.1, 0.15) is 6.42 Å². The van der Waals surface area contributed by atoms with Crippen LogP contribution in [0.2, 0.25) is 0 Å². The largest absolute Gasteiger partial charge is 0.480 e. The van der Waals surface area contributed by atoms with Crippen LogP contribution >= 0.6 is 0 Å². The van der Waals surface area contributed by atoms with Gasteiger partial charge in [0.2, 0.25) is 11.8 Å². The van der Waals surface area contributed by atoms with Gasteiger partial charge in [-0.1, -0.05) is 0 Å². The zero-order valence-electron chi connectivity index (χ0n) is 10.0. The highest BCUT2D eigenvalue weighted by molar-refractivity contribution is 5.89. The highest BCUT2D eigenvalue weighted by Gasteiger charge is 2.35. The molecule has 8 nitrogen and oxygen atoms in total. The van der Waals surface area contributed by atoms with Gasteiger partial charge >= 0.3 is 5.97 Å². The first-order valence-corrected chi connectivity index (χ1v) is 5.52. The first-order valence-electron chi connectivity index (χ1n) is 5.52. The van der Waals surface area contributed by atoms with E-state index in [-0.39, 0.29) is 12.6 Å². The standard InChI is InChI=1S/C10H17N3O5/c1-12-7-4-18-3-5(7)9(15)13-6(10(16)17)2-8(11)14/h5-7,12H,2-4H2,1H3,(H2,11,14)(H,13,15)(H,16,17). The van der Waals surface area contributed by atoms with E-state index in [1.165, 1.54) is 0 Å². The monoisotopic (exact) mass is 259 g/mol. The van der Waals surface area contributed by atoms with E-state index >= 15 is 0 Å². The first-order chi connectivity index (χ1) is 8.45. The number of likely N-dealkylation sites (N-methyl/N-ethyl adjacent to an activating group) is 1. The summed E-state index contributed by atoms with van der Waals surface area (Å²) in [5.74, 6) is -3.00. The van der Waals surface area contributed by atoms with E-state index in [1.54, 1.807) is 7.05 Å². The molecule has 0 bridgehead atoms. The minimum absolute atomic E-state index is 0.159. The van der Waals surface area contributed by atoms with E-state index in [0.29, 0.717) is 6.61 Å². The molecule has 5 N–H and O–H groups in total. The number of carboxylic acids is 1. The Bertz CT molecular complexity index is 346. The Hall–Kier alpha value is -1.67. The Kier molecular flexibility index (Phi) is 5.05. The Morgan fingerprint density at radius 3 is 2.61 bits per heavy atom. The molecule has 0 radical (unpaired) electrons. The van der Waals surface area contributed by atoms with E-state index in [0.717, 1.165) is 0 Å². The third kappa shape index (κ3) is 3.67. The number of nitrogens with one attached hydrogen (secondary N) is 2. The third-order valence-corrected chi connectivity index (χ3v) is 2.81. The molecule has 0 saturated carbocycles. The Balaban J connectivity index is 2.60. The van der Waals surface area contributed by atoms with Crippen molar-refractivity contribution in [3.05, 3.63) is 0 Å². The van der Waals surface area contributed by atoms with E-state index < -0.39 is 36.2 Å².